The Kier molecular flexibility index (Phi) is 4.66. The van der Waals surface area contributed by atoms with Crippen LogP contribution in [-0.2, 0) is 4.79 Å². The fourth-order valence-electron chi connectivity index (χ4n) is 1.52. The summed E-state index contributed by atoms with van der Waals surface area (Å²) >= 11 is 0. The van der Waals surface area contributed by atoms with E-state index < -0.39 is 0 Å². The van der Waals surface area contributed by atoms with Gasteiger partial charge >= 0.3 is 0 Å². The van der Waals surface area contributed by atoms with Gasteiger partial charge in [-0.3, -0.25) is 4.79 Å². The molecule has 1 N–H and O–H groups in total. The van der Waals surface area contributed by atoms with Gasteiger partial charge < -0.3 is 10.2 Å². The van der Waals surface area contributed by atoms with Gasteiger partial charge in [-0.1, -0.05) is 12.2 Å². The molecule has 0 saturated heterocycles. The van der Waals surface area contributed by atoms with Crippen molar-refractivity contribution < 1.29 is 4.79 Å². The summed E-state index contributed by atoms with van der Waals surface area (Å²) in [7, 11) is 1.84. The quantitative estimate of drug-likeness (QED) is 0.684. The van der Waals surface area contributed by atoms with E-state index in [1.807, 2.05) is 14.0 Å². The molecule has 0 radical (unpaired) electrons. The molecule has 1 rings (SSSR count). The fourth-order valence-corrected chi connectivity index (χ4v) is 1.52. The molecule has 0 aromatic carbocycles. The summed E-state index contributed by atoms with van der Waals surface area (Å²) in [4.78, 5) is 13.2. The Labute approximate surface area is 86.2 Å². The Balaban J connectivity index is 2.19. The number of hydrogen-bond acceptors (Lipinski definition) is 2. The highest BCUT2D eigenvalue weighted by molar-refractivity contribution is 5.77. The number of nitrogens with zero attached hydrogens (tertiary/aromatic N) is 1. The van der Waals surface area contributed by atoms with Crippen molar-refractivity contribution >= 4 is 5.91 Å². The molecule has 1 aliphatic carbocycles. The highest BCUT2D eigenvalue weighted by Gasteiger charge is 2.12. The number of likely N-dealkylation sites (N-methyl/N-ethyl adjacent to an activating group) is 1. The third-order valence-electron chi connectivity index (χ3n) is 2.71. The lowest BCUT2D eigenvalue weighted by Crippen LogP contribution is -2.40. The second-order valence-corrected chi connectivity index (χ2v) is 3.77. The van der Waals surface area contributed by atoms with E-state index >= 15 is 0 Å². The Morgan fingerprint density at radius 3 is 2.93 bits per heavy atom. The molecule has 3 heteroatoms. The maximum Gasteiger partial charge on any atom is 0.236 e. The molecule has 3 nitrogen and oxygen atoms in total. The predicted molar refractivity (Wildman–Crippen MR) is 58.1 cm³/mol. The Morgan fingerprint density at radius 2 is 2.36 bits per heavy atom. The number of nitrogens with one attached hydrogen (secondary N) is 1. The van der Waals surface area contributed by atoms with Crippen LogP contribution in [0.5, 0.6) is 0 Å². The Hall–Kier alpha value is -0.830. The van der Waals surface area contributed by atoms with Crippen LogP contribution in [0.25, 0.3) is 0 Å². The molecule has 80 valence electrons. The summed E-state index contributed by atoms with van der Waals surface area (Å²) in [6, 6.07) is 0.495. The van der Waals surface area contributed by atoms with Crippen LogP contribution in [0.1, 0.15) is 26.2 Å². The highest BCUT2D eigenvalue weighted by Crippen LogP contribution is 2.09. The van der Waals surface area contributed by atoms with Gasteiger partial charge in [-0.05, 0) is 26.2 Å². The van der Waals surface area contributed by atoms with Gasteiger partial charge in [0.15, 0.2) is 0 Å². The number of rotatable bonds is 4. The number of allylic oxidation sites excluding steroid dienone is 1. The maximum absolute atomic E-state index is 11.5. The first-order valence-electron chi connectivity index (χ1n) is 5.36. The van der Waals surface area contributed by atoms with Crippen LogP contribution in [0.15, 0.2) is 12.2 Å². The van der Waals surface area contributed by atoms with E-state index in [4.69, 9.17) is 0 Å². The Morgan fingerprint density at radius 1 is 1.57 bits per heavy atom. The molecule has 0 aliphatic heterocycles. The molecular weight excluding hydrogens is 176 g/mol. The van der Waals surface area contributed by atoms with Gasteiger partial charge in [0.2, 0.25) is 5.91 Å². The molecule has 0 aromatic rings. The fraction of sp³-hybridized carbons (Fsp3) is 0.727. The summed E-state index contributed by atoms with van der Waals surface area (Å²) < 4.78 is 0. The van der Waals surface area contributed by atoms with Gasteiger partial charge in [0, 0.05) is 19.6 Å². The molecular formula is C11H20N2O. The normalized spacial score (nSPS) is 20.9. The van der Waals surface area contributed by atoms with Gasteiger partial charge in [0.25, 0.3) is 0 Å². The minimum atomic E-state index is 0.182. The first kappa shape index (κ1) is 11.2. The Bertz CT molecular complexity index is 213. The average Bonchev–Trinajstić information content (AvgIpc) is 2.26. The highest BCUT2D eigenvalue weighted by atomic mass is 16.2. The van der Waals surface area contributed by atoms with E-state index in [2.05, 4.69) is 17.5 Å². The van der Waals surface area contributed by atoms with Gasteiger partial charge in [-0.25, -0.2) is 0 Å². The second kappa shape index (κ2) is 5.81. The summed E-state index contributed by atoms with van der Waals surface area (Å²) in [5.74, 6) is 0.182. The third-order valence-corrected chi connectivity index (χ3v) is 2.71. The van der Waals surface area contributed by atoms with Gasteiger partial charge in [0.05, 0.1) is 6.54 Å². The SMILES string of the molecule is CCN(C)C(=O)CNC1CC=CCC1. The van der Waals surface area contributed by atoms with Crippen molar-refractivity contribution in [3.8, 4) is 0 Å². The average molecular weight is 196 g/mol. The molecule has 0 saturated carbocycles. The zero-order chi connectivity index (χ0) is 10.4. The van der Waals surface area contributed by atoms with E-state index in [0.29, 0.717) is 12.6 Å². The van der Waals surface area contributed by atoms with Crippen molar-refractivity contribution in [3.05, 3.63) is 12.2 Å². The van der Waals surface area contributed by atoms with Crippen molar-refractivity contribution in [1.82, 2.24) is 10.2 Å². The lowest BCUT2D eigenvalue weighted by molar-refractivity contribution is -0.128. The summed E-state index contributed by atoms with van der Waals surface area (Å²) in [6.07, 6.45) is 7.74. The van der Waals surface area contributed by atoms with Crippen LogP contribution < -0.4 is 5.32 Å². The van der Waals surface area contributed by atoms with Gasteiger partial charge in [-0.2, -0.15) is 0 Å². The van der Waals surface area contributed by atoms with Crippen LogP contribution >= 0.6 is 0 Å². The molecule has 0 aromatic heterocycles. The molecule has 0 fully saturated rings. The molecule has 1 aliphatic rings. The lowest BCUT2D eigenvalue weighted by Gasteiger charge is -2.21. The smallest absolute Gasteiger partial charge is 0.236 e. The largest absolute Gasteiger partial charge is 0.345 e. The number of carbonyl (C=O) groups is 1. The number of amides is 1. The molecule has 0 bridgehead atoms. The van der Waals surface area contributed by atoms with Crippen molar-refractivity contribution in [2.24, 2.45) is 0 Å². The van der Waals surface area contributed by atoms with Crippen molar-refractivity contribution in [1.29, 1.82) is 0 Å². The van der Waals surface area contributed by atoms with Gasteiger partial charge in [-0.15, -0.1) is 0 Å². The number of hydrogen-bond donors (Lipinski definition) is 1. The monoisotopic (exact) mass is 196 g/mol. The molecule has 0 spiro atoms. The topological polar surface area (TPSA) is 32.3 Å². The zero-order valence-electron chi connectivity index (χ0n) is 9.12. The minimum Gasteiger partial charge on any atom is -0.345 e. The lowest BCUT2D eigenvalue weighted by atomic mass is 10.0. The van der Waals surface area contributed by atoms with Crippen molar-refractivity contribution in [3.63, 3.8) is 0 Å². The van der Waals surface area contributed by atoms with Crippen molar-refractivity contribution in [2.45, 2.75) is 32.2 Å². The molecule has 0 heterocycles. The van der Waals surface area contributed by atoms with E-state index in [-0.39, 0.29) is 5.91 Å². The number of carbonyl (C=O) groups excluding carboxylic acids is 1. The van der Waals surface area contributed by atoms with Crippen LogP contribution in [0.4, 0.5) is 0 Å². The molecule has 1 unspecified atom stereocenters. The predicted octanol–water partition coefficient (Wildman–Crippen LogP) is 1.16. The third kappa shape index (κ3) is 3.50. The first-order valence-corrected chi connectivity index (χ1v) is 5.36. The van der Waals surface area contributed by atoms with Gasteiger partial charge in [0.1, 0.15) is 0 Å². The minimum absolute atomic E-state index is 0.182. The first-order chi connectivity index (χ1) is 6.74. The molecule has 1 amide bonds. The standard InChI is InChI=1S/C11H20N2O/c1-3-13(2)11(14)9-12-10-7-5-4-6-8-10/h4-5,10,12H,3,6-9H2,1-2H3. The van der Waals surface area contributed by atoms with Crippen LogP contribution in [0, 0.1) is 0 Å². The van der Waals surface area contributed by atoms with E-state index in [1.54, 1.807) is 4.90 Å². The van der Waals surface area contributed by atoms with E-state index in [0.717, 1.165) is 25.8 Å². The van der Waals surface area contributed by atoms with E-state index in [1.165, 1.54) is 0 Å². The maximum atomic E-state index is 11.5. The van der Waals surface area contributed by atoms with Crippen molar-refractivity contribution in [2.75, 3.05) is 20.1 Å². The second-order valence-electron chi connectivity index (χ2n) is 3.77. The van der Waals surface area contributed by atoms with Crippen LogP contribution in [-0.4, -0.2) is 37.0 Å². The molecule has 14 heavy (non-hydrogen) atoms. The summed E-state index contributed by atoms with van der Waals surface area (Å²) in [5, 5.41) is 3.29. The van der Waals surface area contributed by atoms with E-state index in [9.17, 15) is 4.79 Å². The summed E-state index contributed by atoms with van der Waals surface area (Å²) in [5.41, 5.74) is 0. The zero-order valence-corrected chi connectivity index (χ0v) is 9.12. The summed E-state index contributed by atoms with van der Waals surface area (Å²) in [6.45, 7) is 3.25. The molecule has 1 atom stereocenters. The van der Waals surface area contributed by atoms with Crippen LogP contribution in [0.3, 0.4) is 0 Å². The van der Waals surface area contributed by atoms with Crippen LogP contribution in [0.2, 0.25) is 0 Å².